The summed E-state index contributed by atoms with van der Waals surface area (Å²) >= 11 is 1.33. The lowest BCUT2D eigenvalue weighted by atomic mass is 9.95. The number of nitrogens with one attached hydrogen (secondary N) is 1. The summed E-state index contributed by atoms with van der Waals surface area (Å²) in [6.45, 7) is 8.87. The van der Waals surface area contributed by atoms with Gasteiger partial charge in [-0.15, -0.1) is 0 Å². The first-order valence-electron chi connectivity index (χ1n) is 15.0. The van der Waals surface area contributed by atoms with E-state index in [2.05, 4.69) is 5.32 Å². The van der Waals surface area contributed by atoms with Gasteiger partial charge in [-0.1, -0.05) is 79.9 Å². The molecule has 0 bridgehead atoms. The van der Waals surface area contributed by atoms with E-state index in [4.69, 9.17) is 8.92 Å². The molecule has 0 aliphatic heterocycles. The lowest BCUT2D eigenvalue weighted by molar-refractivity contribution is -0.159. The highest BCUT2D eigenvalue weighted by atomic mass is 32.2. The van der Waals surface area contributed by atoms with E-state index in [1.807, 2.05) is 56.3 Å². The van der Waals surface area contributed by atoms with Crippen molar-refractivity contribution in [1.29, 1.82) is 0 Å². The molecule has 1 amide bonds. The normalized spacial score (nSPS) is 14.1. The Kier molecular flexibility index (Phi) is 13.3. The van der Waals surface area contributed by atoms with Crippen LogP contribution in [0.2, 0.25) is 0 Å². The fourth-order valence-corrected chi connectivity index (χ4v) is 6.62. The zero-order valence-corrected chi connectivity index (χ0v) is 27.9. The fraction of sp³-hybridized carbons (Fsp3) is 0.471. The monoisotopic (exact) mass is 643 g/mol. The smallest absolute Gasteiger partial charge is 0.329 e. The Morgan fingerprint density at radius 2 is 1.66 bits per heavy atom. The van der Waals surface area contributed by atoms with Gasteiger partial charge in [0.25, 0.3) is 10.1 Å². The molecule has 240 valence electrons. The van der Waals surface area contributed by atoms with Gasteiger partial charge < -0.3 is 15.2 Å². The molecule has 0 saturated heterocycles. The van der Waals surface area contributed by atoms with Crippen LogP contribution in [0.4, 0.5) is 0 Å². The van der Waals surface area contributed by atoms with Gasteiger partial charge in [0, 0.05) is 11.5 Å². The van der Waals surface area contributed by atoms with Crippen LogP contribution in [0.1, 0.15) is 58.1 Å². The average Bonchev–Trinajstić information content (AvgIpc) is 2.97. The second-order valence-corrected chi connectivity index (χ2v) is 14.7. The Morgan fingerprint density at radius 3 is 2.34 bits per heavy atom. The molecule has 2 N–H and O–H groups in total. The summed E-state index contributed by atoms with van der Waals surface area (Å²) in [5, 5.41) is 15.6. The van der Waals surface area contributed by atoms with Crippen LogP contribution in [0.15, 0.2) is 71.6 Å². The lowest BCUT2D eigenvalue weighted by Crippen LogP contribution is -2.47. The fourth-order valence-electron chi connectivity index (χ4n) is 4.62. The van der Waals surface area contributed by atoms with Crippen molar-refractivity contribution in [2.45, 2.75) is 82.9 Å². The molecule has 0 aromatic heterocycles. The van der Waals surface area contributed by atoms with E-state index in [0.717, 1.165) is 34.7 Å². The molecule has 3 aromatic rings. The predicted molar refractivity (Wildman–Crippen MR) is 176 cm³/mol. The van der Waals surface area contributed by atoms with Gasteiger partial charge in [-0.25, -0.2) is 4.79 Å². The van der Waals surface area contributed by atoms with Gasteiger partial charge in [0.2, 0.25) is 5.91 Å². The number of fused-ring (bicyclic) bond motifs is 1. The van der Waals surface area contributed by atoms with Gasteiger partial charge in [0.05, 0.1) is 23.5 Å². The standard InChI is InChI=1S/C34H45NO7S2/c1-6-7-15-31(33(38)42-34(3,4)5)35-32(37)27(20-26-13-10-12-25-11-8-9-14-30(25)26)22-43-23-28(36)21-41-44(39,40)29-18-16-24(2)17-19-29/h8-14,16-19,27-28,31,36H,6-7,15,20-23H2,1-5H3,(H,35,37)/t27-,28+,31+/m1/s1. The van der Waals surface area contributed by atoms with Crippen molar-refractivity contribution in [1.82, 2.24) is 5.32 Å². The van der Waals surface area contributed by atoms with Gasteiger partial charge in [-0.2, -0.15) is 20.2 Å². The maximum atomic E-state index is 13.7. The van der Waals surface area contributed by atoms with Crippen molar-refractivity contribution in [3.8, 4) is 0 Å². The van der Waals surface area contributed by atoms with E-state index in [0.29, 0.717) is 18.6 Å². The van der Waals surface area contributed by atoms with E-state index < -0.39 is 46.4 Å². The highest BCUT2D eigenvalue weighted by Gasteiger charge is 2.29. The van der Waals surface area contributed by atoms with Gasteiger partial charge in [0.1, 0.15) is 11.6 Å². The third-order valence-electron chi connectivity index (χ3n) is 6.93. The summed E-state index contributed by atoms with van der Waals surface area (Å²) in [6.07, 6.45) is 1.44. The molecule has 0 spiro atoms. The second-order valence-electron chi connectivity index (χ2n) is 12.0. The third-order valence-corrected chi connectivity index (χ3v) is 9.48. The molecule has 3 atom stereocenters. The molecule has 44 heavy (non-hydrogen) atoms. The Balaban J connectivity index is 1.71. The number of hydrogen-bond donors (Lipinski definition) is 2. The zero-order valence-electron chi connectivity index (χ0n) is 26.2. The van der Waals surface area contributed by atoms with Crippen molar-refractivity contribution < 1.29 is 32.0 Å². The lowest BCUT2D eigenvalue weighted by Gasteiger charge is -2.26. The number of esters is 1. The summed E-state index contributed by atoms with van der Waals surface area (Å²) in [4.78, 5) is 26.8. The average molecular weight is 644 g/mol. The Labute approximate surface area is 266 Å². The number of carbonyl (C=O) groups is 2. The predicted octanol–water partition coefficient (Wildman–Crippen LogP) is 5.82. The number of amides is 1. The molecule has 0 heterocycles. The van der Waals surface area contributed by atoms with Crippen LogP contribution in [0.25, 0.3) is 10.8 Å². The van der Waals surface area contributed by atoms with Crippen LogP contribution in [0.5, 0.6) is 0 Å². The van der Waals surface area contributed by atoms with E-state index in [1.165, 1.54) is 23.9 Å². The minimum atomic E-state index is -4.01. The Morgan fingerprint density at radius 1 is 0.977 bits per heavy atom. The maximum absolute atomic E-state index is 13.7. The van der Waals surface area contributed by atoms with Crippen molar-refractivity contribution in [2.75, 3.05) is 18.1 Å². The number of aliphatic hydroxyl groups is 1. The van der Waals surface area contributed by atoms with Gasteiger partial charge in [-0.3, -0.25) is 8.98 Å². The second kappa shape index (κ2) is 16.4. The van der Waals surface area contributed by atoms with Crippen LogP contribution in [0, 0.1) is 12.8 Å². The van der Waals surface area contributed by atoms with Crippen molar-refractivity contribution in [2.24, 2.45) is 5.92 Å². The molecule has 0 unspecified atom stereocenters. The number of thioether (sulfide) groups is 1. The van der Waals surface area contributed by atoms with Crippen LogP contribution < -0.4 is 5.32 Å². The first-order valence-corrected chi connectivity index (χ1v) is 17.6. The molecule has 3 rings (SSSR count). The van der Waals surface area contributed by atoms with Crippen molar-refractivity contribution in [3.05, 3.63) is 77.9 Å². The first-order chi connectivity index (χ1) is 20.8. The molecule has 0 saturated carbocycles. The summed E-state index contributed by atoms with van der Waals surface area (Å²) in [5.41, 5.74) is 1.24. The molecular weight excluding hydrogens is 599 g/mol. The molecule has 8 nitrogen and oxygen atoms in total. The van der Waals surface area contributed by atoms with E-state index in [9.17, 15) is 23.1 Å². The van der Waals surface area contributed by atoms with Crippen LogP contribution >= 0.6 is 11.8 Å². The number of benzene rings is 3. The zero-order chi connectivity index (χ0) is 32.3. The Hall–Kier alpha value is -2.92. The molecule has 0 fully saturated rings. The number of rotatable bonds is 16. The number of aliphatic hydroxyl groups excluding tert-OH is 1. The van der Waals surface area contributed by atoms with Crippen molar-refractivity contribution >= 4 is 44.5 Å². The molecule has 3 aromatic carbocycles. The number of aryl methyl sites for hydroxylation is 1. The number of ether oxygens (including phenoxy) is 1. The summed E-state index contributed by atoms with van der Waals surface area (Å²) in [7, 11) is -4.01. The number of hydrogen-bond acceptors (Lipinski definition) is 8. The van der Waals surface area contributed by atoms with Crippen molar-refractivity contribution in [3.63, 3.8) is 0 Å². The minimum Gasteiger partial charge on any atom is -0.458 e. The number of carbonyl (C=O) groups excluding carboxylic acids is 2. The van der Waals surface area contributed by atoms with Crippen LogP contribution in [-0.4, -0.2) is 61.3 Å². The molecule has 0 aliphatic rings. The molecule has 0 aliphatic carbocycles. The van der Waals surface area contributed by atoms with Gasteiger partial charge >= 0.3 is 5.97 Å². The SMILES string of the molecule is CCCC[C@H](NC(=O)[C@@H](CSC[C@@H](O)COS(=O)(=O)c1ccc(C)cc1)Cc1cccc2ccccc12)C(=O)OC(C)(C)C. The summed E-state index contributed by atoms with van der Waals surface area (Å²) in [5.74, 6) is -0.759. The maximum Gasteiger partial charge on any atom is 0.329 e. The summed E-state index contributed by atoms with van der Waals surface area (Å²) < 4.78 is 35.7. The van der Waals surface area contributed by atoms with Gasteiger partial charge in [-0.05, 0) is 69.0 Å². The molecule has 0 radical (unpaired) electrons. The first kappa shape index (κ1) is 35.6. The van der Waals surface area contributed by atoms with E-state index >= 15 is 0 Å². The Bertz CT molecular complexity index is 1480. The molecule has 10 heteroatoms. The van der Waals surface area contributed by atoms with Gasteiger partial charge in [0.15, 0.2) is 0 Å². The minimum absolute atomic E-state index is 0.0254. The van der Waals surface area contributed by atoms with E-state index in [1.54, 1.807) is 32.9 Å². The largest absolute Gasteiger partial charge is 0.458 e. The van der Waals surface area contributed by atoms with Crippen LogP contribution in [-0.2, 0) is 35.0 Å². The van der Waals surface area contributed by atoms with Crippen LogP contribution in [0.3, 0.4) is 0 Å². The number of unbranched alkanes of at least 4 members (excludes halogenated alkanes) is 1. The third kappa shape index (κ3) is 11.2. The van der Waals surface area contributed by atoms with E-state index in [-0.39, 0.29) is 16.6 Å². The quantitative estimate of drug-likeness (QED) is 0.148. The summed E-state index contributed by atoms with van der Waals surface area (Å²) in [6, 6.07) is 19.5. The molecular formula is C34H45NO7S2. The highest BCUT2D eigenvalue weighted by Crippen LogP contribution is 2.24. The highest BCUT2D eigenvalue weighted by molar-refractivity contribution is 7.99. The topological polar surface area (TPSA) is 119 Å².